The van der Waals surface area contributed by atoms with Gasteiger partial charge in [-0.15, -0.1) is 0 Å². The molecule has 1 aromatic heterocycles. The Balaban J connectivity index is 1.39. The van der Waals surface area contributed by atoms with Gasteiger partial charge in [-0.3, -0.25) is 0 Å². The van der Waals surface area contributed by atoms with E-state index in [1.807, 2.05) is 42.5 Å². The SMILES string of the molecule is CN1CCC([N+](C)(C)CCON=C2C(c3c(O)[nH]c4ccc(Br)cc34)=Nc3ccccc32)CC1. The molecule has 5 rings (SSSR count). The molecule has 0 saturated carbocycles. The summed E-state index contributed by atoms with van der Waals surface area (Å²) in [6, 6.07) is 14.4. The third kappa shape index (κ3) is 4.37. The highest BCUT2D eigenvalue weighted by Crippen LogP contribution is 2.36. The number of hydrogen-bond acceptors (Lipinski definition) is 5. The van der Waals surface area contributed by atoms with Crippen LogP contribution in [0.25, 0.3) is 10.9 Å². The van der Waals surface area contributed by atoms with Crippen LogP contribution in [0, 0.1) is 0 Å². The third-order valence-corrected chi connectivity index (χ3v) is 7.68. The van der Waals surface area contributed by atoms with Crippen LogP contribution in [0.3, 0.4) is 0 Å². The number of hydrogen-bond donors (Lipinski definition) is 2. The number of halogens is 1. The van der Waals surface area contributed by atoms with E-state index < -0.39 is 0 Å². The normalized spacial score (nSPS) is 18.5. The Labute approximate surface area is 208 Å². The Morgan fingerprint density at radius 3 is 2.76 bits per heavy atom. The number of H-pyrrole nitrogens is 1. The van der Waals surface area contributed by atoms with Gasteiger partial charge in [0.15, 0.2) is 12.5 Å². The number of aromatic nitrogens is 1. The highest BCUT2D eigenvalue weighted by molar-refractivity contribution is 9.10. The van der Waals surface area contributed by atoms with Crippen LogP contribution in [0.4, 0.5) is 5.69 Å². The maximum Gasteiger partial charge on any atom is 0.199 e. The Kier molecular flexibility index (Phi) is 6.22. The predicted molar refractivity (Wildman–Crippen MR) is 140 cm³/mol. The number of quaternary nitrogens is 1. The molecule has 2 aliphatic heterocycles. The molecule has 0 amide bonds. The Morgan fingerprint density at radius 1 is 1.21 bits per heavy atom. The van der Waals surface area contributed by atoms with Gasteiger partial charge < -0.3 is 24.3 Å². The molecule has 2 aliphatic rings. The van der Waals surface area contributed by atoms with Crippen LogP contribution in [0.2, 0.25) is 0 Å². The van der Waals surface area contributed by atoms with Crippen molar-refractivity contribution < 1.29 is 14.4 Å². The second-order valence-electron chi connectivity index (χ2n) is 9.83. The summed E-state index contributed by atoms with van der Waals surface area (Å²) < 4.78 is 1.85. The van der Waals surface area contributed by atoms with E-state index in [9.17, 15) is 5.11 Å². The lowest BCUT2D eigenvalue weighted by Crippen LogP contribution is -2.54. The highest BCUT2D eigenvalue weighted by atomic mass is 79.9. The number of oxime groups is 1. The number of rotatable bonds is 6. The largest absolute Gasteiger partial charge is 0.494 e. The summed E-state index contributed by atoms with van der Waals surface area (Å²) in [5.74, 6) is 0.0763. The molecule has 0 unspecified atom stereocenters. The summed E-state index contributed by atoms with van der Waals surface area (Å²) in [5, 5.41) is 16.2. The fourth-order valence-corrected chi connectivity index (χ4v) is 5.35. The van der Waals surface area contributed by atoms with E-state index >= 15 is 0 Å². The molecule has 2 aromatic carbocycles. The van der Waals surface area contributed by atoms with Crippen LogP contribution in [0.15, 0.2) is 57.1 Å². The summed E-state index contributed by atoms with van der Waals surface area (Å²) in [6.07, 6.45) is 2.41. The zero-order chi connectivity index (χ0) is 23.9. The van der Waals surface area contributed by atoms with Crippen molar-refractivity contribution in [2.24, 2.45) is 10.1 Å². The minimum Gasteiger partial charge on any atom is -0.494 e. The maximum absolute atomic E-state index is 10.8. The fourth-order valence-electron chi connectivity index (χ4n) is 4.99. The maximum atomic E-state index is 10.8. The number of aromatic hydroxyl groups is 1. The van der Waals surface area contributed by atoms with Crippen LogP contribution < -0.4 is 0 Å². The second kappa shape index (κ2) is 9.17. The molecule has 1 fully saturated rings. The van der Waals surface area contributed by atoms with Crippen molar-refractivity contribution >= 4 is 43.9 Å². The fraction of sp³-hybridized carbons (Fsp3) is 0.385. The number of nitrogens with zero attached hydrogens (tertiary/aromatic N) is 4. The number of aromatic amines is 1. The molecule has 8 heteroatoms. The lowest BCUT2D eigenvalue weighted by Gasteiger charge is -2.41. The molecule has 3 heterocycles. The summed E-state index contributed by atoms with van der Waals surface area (Å²) in [7, 11) is 6.76. The summed E-state index contributed by atoms with van der Waals surface area (Å²) >= 11 is 3.54. The first-order chi connectivity index (χ1) is 16.3. The first-order valence-corrected chi connectivity index (χ1v) is 12.5. The van der Waals surface area contributed by atoms with Gasteiger partial charge in [-0.2, -0.15) is 0 Å². The van der Waals surface area contributed by atoms with Crippen LogP contribution in [0.5, 0.6) is 5.88 Å². The van der Waals surface area contributed by atoms with Gasteiger partial charge in [0.05, 0.1) is 31.4 Å². The Morgan fingerprint density at radius 2 is 1.97 bits per heavy atom. The molecular weight excluding hydrogens is 494 g/mol. The first-order valence-electron chi connectivity index (χ1n) is 11.7. The Bertz CT molecular complexity index is 1270. The van der Waals surface area contributed by atoms with Crippen LogP contribution in [-0.2, 0) is 4.84 Å². The van der Waals surface area contributed by atoms with E-state index in [0.717, 1.165) is 50.7 Å². The molecule has 178 valence electrons. The number of likely N-dealkylation sites (N-methyl/N-ethyl adjacent to an activating group) is 1. The lowest BCUT2D eigenvalue weighted by molar-refractivity contribution is -0.916. The number of benzene rings is 2. The third-order valence-electron chi connectivity index (χ3n) is 7.18. The van der Waals surface area contributed by atoms with Gasteiger partial charge in [0.1, 0.15) is 18.0 Å². The van der Waals surface area contributed by atoms with Gasteiger partial charge in [-0.1, -0.05) is 39.3 Å². The summed E-state index contributed by atoms with van der Waals surface area (Å²) in [6.45, 7) is 3.70. The van der Waals surface area contributed by atoms with E-state index in [-0.39, 0.29) is 5.88 Å². The first kappa shape index (κ1) is 23.1. The van der Waals surface area contributed by atoms with Crippen LogP contribution in [0.1, 0.15) is 24.0 Å². The van der Waals surface area contributed by atoms with Gasteiger partial charge in [0, 0.05) is 46.9 Å². The molecule has 0 aliphatic carbocycles. The topological polar surface area (TPSA) is 73.2 Å². The van der Waals surface area contributed by atoms with Crippen molar-refractivity contribution in [2.45, 2.75) is 18.9 Å². The second-order valence-corrected chi connectivity index (χ2v) is 10.7. The van der Waals surface area contributed by atoms with Gasteiger partial charge in [0.2, 0.25) is 0 Å². The molecular formula is C26H31BrN5O2+. The average Bonchev–Trinajstić information content (AvgIpc) is 3.33. The van der Waals surface area contributed by atoms with Crippen molar-refractivity contribution in [1.29, 1.82) is 0 Å². The van der Waals surface area contributed by atoms with E-state index in [0.29, 0.717) is 29.6 Å². The van der Waals surface area contributed by atoms with Crippen molar-refractivity contribution in [3.63, 3.8) is 0 Å². The molecule has 0 radical (unpaired) electrons. The van der Waals surface area contributed by atoms with E-state index in [2.05, 4.69) is 52.1 Å². The lowest BCUT2D eigenvalue weighted by atomic mass is 10.0. The van der Waals surface area contributed by atoms with E-state index in [1.54, 1.807) is 0 Å². The molecule has 0 bridgehead atoms. The number of para-hydroxylation sites is 1. The average molecular weight is 525 g/mol. The number of piperidine rings is 1. The minimum atomic E-state index is 0.0763. The van der Waals surface area contributed by atoms with Gasteiger partial charge in [0.25, 0.3) is 0 Å². The van der Waals surface area contributed by atoms with Gasteiger partial charge in [-0.05, 0) is 31.3 Å². The predicted octanol–water partition coefficient (Wildman–Crippen LogP) is 4.66. The van der Waals surface area contributed by atoms with Crippen molar-refractivity contribution in [1.82, 2.24) is 9.88 Å². The van der Waals surface area contributed by atoms with Crippen molar-refractivity contribution in [3.8, 4) is 5.88 Å². The number of likely N-dealkylation sites (tertiary alicyclic amines) is 1. The monoisotopic (exact) mass is 524 g/mol. The molecule has 0 atom stereocenters. The molecule has 2 N–H and O–H groups in total. The summed E-state index contributed by atoms with van der Waals surface area (Å²) in [4.78, 5) is 16.2. The van der Waals surface area contributed by atoms with Crippen LogP contribution >= 0.6 is 15.9 Å². The standard InChI is InChI=1S/C26H30BrN5O2/c1-31-12-10-18(11-13-31)32(2,3)14-15-34-30-24-19-6-4-5-7-21(19)28-25(24)23-20-16-17(27)8-9-22(20)29-26(23)33/h4-9,16,18H,10-15H2,1-3H3,(H-,28,29,30,33)/p+1. The Hall–Kier alpha value is -2.68. The molecule has 3 aromatic rings. The molecule has 7 nitrogen and oxygen atoms in total. The quantitative estimate of drug-likeness (QED) is 0.279. The van der Waals surface area contributed by atoms with Gasteiger partial charge >= 0.3 is 0 Å². The molecule has 1 saturated heterocycles. The van der Waals surface area contributed by atoms with Crippen LogP contribution in [-0.4, -0.2) is 84.3 Å². The number of fused-ring (bicyclic) bond motifs is 2. The summed E-state index contributed by atoms with van der Waals surface area (Å²) in [5.41, 5.74) is 4.48. The van der Waals surface area contributed by atoms with Crippen molar-refractivity contribution in [2.75, 3.05) is 47.4 Å². The minimum absolute atomic E-state index is 0.0763. The zero-order valence-corrected chi connectivity index (χ0v) is 21.5. The smallest absolute Gasteiger partial charge is 0.199 e. The number of aliphatic imine (C=N–C) groups is 1. The van der Waals surface area contributed by atoms with Gasteiger partial charge in [-0.25, -0.2) is 4.99 Å². The van der Waals surface area contributed by atoms with Crippen molar-refractivity contribution in [3.05, 3.63) is 58.1 Å². The molecule has 0 spiro atoms. The zero-order valence-electron chi connectivity index (χ0n) is 19.9. The highest BCUT2D eigenvalue weighted by Gasteiger charge is 2.32. The number of nitrogens with one attached hydrogen (secondary N) is 1. The molecule has 34 heavy (non-hydrogen) atoms. The van der Waals surface area contributed by atoms with E-state index in [4.69, 9.17) is 9.83 Å². The van der Waals surface area contributed by atoms with E-state index in [1.165, 1.54) is 12.8 Å².